The highest BCUT2D eigenvalue weighted by Crippen LogP contribution is 2.14. The smallest absolute Gasteiger partial charge is 0.293 e. The Kier molecular flexibility index (Phi) is 3.27. The first kappa shape index (κ1) is 11.2. The van der Waals surface area contributed by atoms with Gasteiger partial charge in [-0.2, -0.15) is 0 Å². The predicted octanol–water partition coefficient (Wildman–Crippen LogP) is 1.81. The van der Waals surface area contributed by atoms with E-state index in [2.05, 4.69) is 9.88 Å². The standard InChI is InChI=1S/C12H19N3O/c1-10(2)15-9-6-13-11(12(15)16)14-7-4-3-5-8-14/h6,9-10H,3-5,7-8H2,1-2H3. The van der Waals surface area contributed by atoms with Crippen LogP contribution >= 0.6 is 0 Å². The molecule has 0 N–H and O–H groups in total. The topological polar surface area (TPSA) is 38.1 Å². The van der Waals surface area contributed by atoms with Crippen LogP contribution in [0, 0.1) is 0 Å². The molecule has 1 aliphatic heterocycles. The van der Waals surface area contributed by atoms with Crippen molar-refractivity contribution in [2.75, 3.05) is 18.0 Å². The van der Waals surface area contributed by atoms with Crippen LogP contribution in [0.4, 0.5) is 5.82 Å². The summed E-state index contributed by atoms with van der Waals surface area (Å²) in [6.45, 7) is 5.96. The highest BCUT2D eigenvalue weighted by molar-refractivity contribution is 5.36. The van der Waals surface area contributed by atoms with Crippen LogP contribution in [0.15, 0.2) is 17.2 Å². The molecule has 0 aliphatic carbocycles. The van der Waals surface area contributed by atoms with Gasteiger partial charge in [0.1, 0.15) is 0 Å². The lowest BCUT2D eigenvalue weighted by Gasteiger charge is -2.27. The summed E-state index contributed by atoms with van der Waals surface area (Å²) in [7, 11) is 0. The van der Waals surface area contributed by atoms with Crippen LogP contribution in [0.5, 0.6) is 0 Å². The Hall–Kier alpha value is -1.32. The fourth-order valence-corrected chi connectivity index (χ4v) is 2.14. The Balaban J connectivity index is 2.33. The van der Waals surface area contributed by atoms with E-state index in [0.717, 1.165) is 25.9 Å². The summed E-state index contributed by atoms with van der Waals surface area (Å²) in [4.78, 5) is 18.5. The molecule has 1 fully saturated rings. The Morgan fingerprint density at radius 3 is 2.56 bits per heavy atom. The fraction of sp³-hybridized carbons (Fsp3) is 0.667. The molecule has 0 amide bonds. The minimum atomic E-state index is 0.0411. The third-order valence-electron chi connectivity index (χ3n) is 3.06. The zero-order chi connectivity index (χ0) is 11.5. The predicted molar refractivity (Wildman–Crippen MR) is 64.9 cm³/mol. The van der Waals surface area contributed by atoms with Gasteiger partial charge in [-0.3, -0.25) is 4.79 Å². The second-order valence-electron chi connectivity index (χ2n) is 4.60. The SMILES string of the molecule is CC(C)n1ccnc(N2CCCCC2)c1=O. The molecule has 1 aromatic rings. The number of rotatable bonds is 2. The molecule has 0 aromatic carbocycles. The first-order valence-electron chi connectivity index (χ1n) is 6.02. The van der Waals surface area contributed by atoms with Gasteiger partial charge in [0.25, 0.3) is 5.56 Å². The molecule has 4 nitrogen and oxygen atoms in total. The minimum absolute atomic E-state index is 0.0411. The van der Waals surface area contributed by atoms with Gasteiger partial charge in [-0.25, -0.2) is 4.98 Å². The Bertz CT molecular complexity index is 405. The van der Waals surface area contributed by atoms with E-state index in [0.29, 0.717) is 5.82 Å². The van der Waals surface area contributed by atoms with Gasteiger partial charge in [0.15, 0.2) is 5.82 Å². The van der Waals surface area contributed by atoms with Gasteiger partial charge >= 0.3 is 0 Å². The summed E-state index contributed by atoms with van der Waals surface area (Å²) in [6, 6.07) is 0.194. The average Bonchev–Trinajstić information content (AvgIpc) is 2.30. The van der Waals surface area contributed by atoms with Gasteiger partial charge in [-0.1, -0.05) is 0 Å². The lowest BCUT2D eigenvalue weighted by Crippen LogP contribution is -2.37. The summed E-state index contributed by atoms with van der Waals surface area (Å²) >= 11 is 0. The number of anilines is 1. The van der Waals surface area contributed by atoms with Gasteiger partial charge in [0.2, 0.25) is 0 Å². The fourth-order valence-electron chi connectivity index (χ4n) is 2.14. The molecule has 4 heteroatoms. The Morgan fingerprint density at radius 2 is 1.94 bits per heavy atom. The van der Waals surface area contributed by atoms with E-state index < -0.39 is 0 Å². The molecule has 0 atom stereocenters. The van der Waals surface area contributed by atoms with Crippen LogP contribution in [0.1, 0.15) is 39.2 Å². The van der Waals surface area contributed by atoms with E-state index in [1.54, 1.807) is 17.0 Å². The van der Waals surface area contributed by atoms with Gasteiger partial charge in [0, 0.05) is 31.5 Å². The van der Waals surface area contributed by atoms with Crippen LogP contribution in [0.2, 0.25) is 0 Å². The molecule has 0 bridgehead atoms. The molecule has 0 spiro atoms. The second kappa shape index (κ2) is 4.68. The van der Waals surface area contributed by atoms with Crippen LogP contribution in [-0.2, 0) is 0 Å². The molecule has 0 saturated carbocycles. The largest absolute Gasteiger partial charge is 0.352 e. The molecule has 2 heterocycles. The minimum Gasteiger partial charge on any atom is -0.352 e. The summed E-state index contributed by atoms with van der Waals surface area (Å²) in [5.74, 6) is 0.621. The number of piperidine rings is 1. The van der Waals surface area contributed by atoms with E-state index in [1.165, 1.54) is 6.42 Å². The molecular weight excluding hydrogens is 202 g/mol. The third kappa shape index (κ3) is 2.10. The maximum atomic E-state index is 12.2. The zero-order valence-electron chi connectivity index (χ0n) is 10.0. The van der Waals surface area contributed by atoms with Crippen LogP contribution in [0.3, 0.4) is 0 Å². The molecule has 0 unspecified atom stereocenters. The number of nitrogens with zero attached hydrogens (tertiary/aromatic N) is 3. The summed E-state index contributed by atoms with van der Waals surface area (Å²) in [5.41, 5.74) is 0.0411. The van der Waals surface area contributed by atoms with Crippen molar-refractivity contribution < 1.29 is 0 Å². The molecule has 1 aromatic heterocycles. The summed E-state index contributed by atoms with van der Waals surface area (Å²) < 4.78 is 1.75. The highest BCUT2D eigenvalue weighted by atomic mass is 16.1. The van der Waals surface area contributed by atoms with E-state index in [-0.39, 0.29) is 11.6 Å². The van der Waals surface area contributed by atoms with Crippen LogP contribution in [0.25, 0.3) is 0 Å². The second-order valence-corrected chi connectivity index (χ2v) is 4.60. The van der Waals surface area contributed by atoms with Crippen molar-refractivity contribution in [3.05, 3.63) is 22.7 Å². The monoisotopic (exact) mass is 221 g/mol. The Morgan fingerprint density at radius 1 is 1.25 bits per heavy atom. The lowest BCUT2D eigenvalue weighted by molar-refractivity contribution is 0.547. The molecule has 88 valence electrons. The molecule has 2 rings (SSSR count). The van der Waals surface area contributed by atoms with Crippen LogP contribution in [-0.4, -0.2) is 22.6 Å². The number of hydrogen-bond donors (Lipinski definition) is 0. The van der Waals surface area contributed by atoms with Crippen molar-refractivity contribution in [3.63, 3.8) is 0 Å². The van der Waals surface area contributed by atoms with Crippen molar-refractivity contribution >= 4 is 5.82 Å². The number of hydrogen-bond acceptors (Lipinski definition) is 3. The zero-order valence-corrected chi connectivity index (χ0v) is 10.0. The van der Waals surface area contributed by atoms with E-state index in [1.807, 2.05) is 13.8 Å². The number of aromatic nitrogens is 2. The van der Waals surface area contributed by atoms with E-state index >= 15 is 0 Å². The summed E-state index contributed by atoms with van der Waals surface area (Å²) in [5, 5.41) is 0. The third-order valence-corrected chi connectivity index (χ3v) is 3.06. The van der Waals surface area contributed by atoms with Gasteiger partial charge in [-0.15, -0.1) is 0 Å². The van der Waals surface area contributed by atoms with Gasteiger partial charge in [0.05, 0.1) is 0 Å². The van der Waals surface area contributed by atoms with Crippen LogP contribution < -0.4 is 10.5 Å². The van der Waals surface area contributed by atoms with E-state index in [9.17, 15) is 4.79 Å². The normalized spacial score (nSPS) is 16.8. The van der Waals surface area contributed by atoms with Crippen molar-refractivity contribution in [1.29, 1.82) is 0 Å². The maximum Gasteiger partial charge on any atom is 0.293 e. The van der Waals surface area contributed by atoms with E-state index in [4.69, 9.17) is 0 Å². The Labute approximate surface area is 95.9 Å². The average molecular weight is 221 g/mol. The molecule has 16 heavy (non-hydrogen) atoms. The van der Waals surface area contributed by atoms with Crippen molar-refractivity contribution in [2.24, 2.45) is 0 Å². The maximum absolute atomic E-state index is 12.2. The molecule has 1 aliphatic rings. The first-order chi connectivity index (χ1) is 7.70. The van der Waals surface area contributed by atoms with Crippen molar-refractivity contribution in [1.82, 2.24) is 9.55 Å². The van der Waals surface area contributed by atoms with Gasteiger partial charge < -0.3 is 9.47 Å². The highest BCUT2D eigenvalue weighted by Gasteiger charge is 2.16. The molecule has 1 saturated heterocycles. The quantitative estimate of drug-likeness (QED) is 0.764. The summed E-state index contributed by atoms with van der Waals surface area (Å²) in [6.07, 6.45) is 7.09. The van der Waals surface area contributed by atoms with Crippen molar-refractivity contribution in [2.45, 2.75) is 39.2 Å². The van der Waals surface area contributed by atoms with Gasteiger partial charge in [-0.05, 0) is 33.1 Å². The molecule has 0 radical (unpaired) electrons. The van der Waals surface area contributed by atoms with Crippen molar-refractivity contribution in [3.8, 4) is 0 Å². The molecular formula is C12H19N3O. The lowest BCUT2D eigenvalue weighted by atomic mass is 10.1. The first-order valence-corrected chi connectivity index (χ1v) is 6.02.